The molecule has 2 aliphatic rings. The van der Waals surface area contributed by atoms with Gasteiger partial charge in [-0.1, -0.05) is 44.6 Å². The molecule has 2 rings (SSSR count). The van der Waals surface area contributed by atoms with E-state index in [0.717, 1.165) is 12.1 Å². The molecule has 0 bridgehead atoms. The molecular formula is C17H31N2Si. The number of rotatable bonds is 5. The molecule has 2 fully saturated rings. The Balaban J connectivity index is 2.00. The number of hydrogen-bond donors (Lipinski definition) is 0. The van der Waals surface area contributed by atoms with Crippen molar-refractivity contribution in [3.8, 4) is 0 Å². The molecule has 0 aromatic carbocycles. The summed E-state index contributed by atoms with van der Waals surface area (Å²) in [6.45, 7) is 0. The molecule has 0 aliphatic heterocycles. The standard InChI is InChI=1S/C17H31N2Si/c1-18(15-9-5-3-6-10-15)17(13-14-20)19(2)16-11-7-4-8-12-16/h13-17H,3-12H2,1-2H3. The van der Waals surface area contributed by atoms with Gasteiger partial charge in [-0.15, -0.1) is 5.70 Å². The second kappa shape index (κ2) is 8.35. The van der Waals surface area contributed by atoms with Crippen LogP contribution in [-0.4, -0.2) is 52.4 Å². The summed E-state index contributed by atoms with van der Waals surface area (Å²) in [7, 11) is 8.20. The van der Waals surface area contributed by atoms with Crippen molar-refractivity contribution in [2.45, 2.75) is 82.5 Å². The average molecular weight is 292 g/mol. The fourth-order valence-corrected chi connectivity index (χ4v) is 4.23. The Morgan fingerprint density at radius 1 is 0.800 bits per heavy atom. The topological polar surface area (TPSA) is 6.48 Å². The van der Waals surface area contributed by atoms with E-state index in [-0.39, 0.29) is 0 Å². The van der Waals surface area contributed by atoms with Gasteiger partial charge in [0.25, 0.3) is 0 Å². The SMILES string of the molecule is CN(C1CCCCC1)C(C=C[Si])N(C)C1CCCCC1. The van der Waals surface area contributed by atoms with Crippen LogP contribution in [0.1, 0.15) is 64.2 Å². The van der Waals surface area contributed by atoms with E-state index in [4.69, 9.17) is 0 Å². The van der Waals surface area contributed by atoms with Crippen molar-refractivity contribution in [2.75, 3.05) is 14.1 Å². The highest BCUT2D eigenvalue weighted by atomic mass is 28.1. The minimum atomic E-state index is 0.443. The zero-order valence-corrected chi connectivity index (χ0v) is 14.4. The molecule has 0 N–H and O–H groups in total. The molecule has 0 aromatic rings. The van der Waals surface area contributed by atoms with Crippen LogP contribution in [0.4, 0.5) is 0 Å². The molecular weight excluding hydrogens is 260 g/mol. The molecule has 0 aromatic heterocycles. The molecule has 2 aliphatic carbocycles. The summed E-state index contributed by atoms with van der Waals surface area (Å²) in [5.74, 6) is 0. The summed E-state index contributed by atoms with van der Waals surface area (Å²) in [5, 5.41) is 0. The summed E-state index contributed by atoms with van der Waals surface area (Å²) in [5.41, 5.74) is 2.04. The molecule has 3 heteroatoms. The van der Waals surface area contributed by atoms with Gasteiger partial charge in [0.15, 0.2) is 0 Å². The van der Waals surface area contributed by atoms with Crippen LogP contribution in [0.25, 0.3) is 0 Å². The molecule has 2 saturated carbocycles. The van der Waals surface area contributed by atoms with Crippen LogP contribution in [0.15, 0.2) is 11.8 Å². The van der Waals surface area contributed by atoms with E-state index in [2.05, 4.69) is 40.2 Å². The van der Waals surface area contributed by atoms with Gasteiger partial charge in [-0.25, -0.2) is 0 Å². The van der Waals surface area contributed by atoms with Crippen LogP contribution in [-0.2, 0) is 0 Å². The Labute approximate surface area is 129 Å². The van der Waals surface area contributed by atoms with Crippen LogP contribution in [0.5, 0.6) is 0 Å². The van der Waals surface area contributed by atoms with Crippen LogP contribution in [0.3, 0.4) is 0 Å². The van der Waals surface area contributed by atoms with E-state index >= 15 is 0 Å². The van der Waals surface area contributed by atoms with Gasteiger partial charge in [0.1, 0.15) is 0 Å². The first-order valence-electron chi connectivity index (χ1n) is 8.52. The molecule has 0 unspecified atom stereocenters. The van der Waals surface area contributed by atoms with Crippen molar-refractivity contribution >= 4 is 10.2 Å². The summed E-state index contributed by atoms with van der Waals surface area (Å²) < 4.78 is 0. The van der Waals surface area contributed by atoms with Crippen LogP contribution in [0, 0.1) is 0 Å². The maximum atomic E-state index is 3.55. The zero-order valence-electron chi connectivity index (χ0n) is 13.4. The second-order valence-electron chi connectivity index (χ2n) is 6.69. The lowest BCUT2D eigenvalue weighted by molar-refractivity contribution is 0.0296. The highest BCUT2D eigenvalue weighted by Gasteiger charge is 2.29. The number of nitrogens with zero attached hydrogens (tertiary/aromatic N) is 2. The predicted octanol–water partition coefficient (Wildman–Crippen LogP) is 3.52. The number of likely N-dealkylation sites (N-methyl/N-ethyl adjacent to an activating group) is 2. The molecule has 113 valence electrons. The third-order valence-electron chi connectivity index (χ3n) is 5.40. The molecule has 0 atom stereocenters. The Bertz CT molecular complexity index is 269. The normalized spacial score (nSPS) is 23.5. The van der Waals surface area contributed by atoms with E-state index in [1.165, 1.54) is 64.2 Å². The minimum absolute atomic E-state index is 0.443. The smallest absolute Gasteiger partial charge is 0.0810 e. The quantitative estimate of drug-likeness (QED) is 0.565. The Kier molecular flexibility index (Phi) is 6.79. The van der Waals surface area contributed by atoms with Crippen molar-refractivity contribution in [3.63, 3.8) is 0 Å². The van der Waals surface area contributed by atoms with Gasteiger partial charge in [-0.3, -0.25) is 9.80 Å². The third-order valence-corrected chi connectivity index (χ3v) is 5.60. The van der Waals surface area contributed by atoms with Crippen molar-refractivity contribution in [1.29, 1.82) is 0 Å². The summed E-state index contributed by atoms with van der Waals surface area (Å²) in [6, 6.07) is 1.53. The van der Waals surface area contributed by atoms with Gasteiger partial charge in [-0.2, -0.15) is 0 Å². The number of hydrogen-bond acceptors (Lipinski definition) is 2. The fourth-order valence-electron chi connectivity index (χ4n) is 4.05. The van der Waals surface area contributed by atoms with Gasteiger partial charge in [0, 0.05) is 12.1 Å². The lowest BCUT2D eigenvalue weighted by Crippen LogP contribution is -2.52. The molecule has 3 radical (unpaired) electrons. The van der Waals surface area contributed by atoms with E-state index in [0.29, 0.717) is 6.17 Å². The van der Waals surface area contributed by atoms with Crippen molar-refractivity contribution in [1.82, 2.24) is 9.80 Å². The van der Waals surface area contributed by atoms with Crippen LogP contribution < -0.4 is 0 Å². The van der Waals surface area contributed by atoms with Crippen molar-refractivity contribution in [3.05, 3.63) is 11.8 Å². The second-order valence-corrected chi connectivity index (χ2v) is 7.02. The van der Waals surface area contributed by atoms with Gasteiger partial charge < -0.3 is 0 Å². The van der Waals surface area contributed by atoms with Crippen LogP contribution in [0.2, 0.25) is 0 Å². The van der Waals surface area contributed by atoms with Crippen LogP contribution >= 0.6 is 0 Å². The van der Waals surface area contributed by atoms with Gasteiger partial charge in [0.05, 0.1) is 16.4 Å². The molecule has 0 amide bonds. The maximum Gasteiger partial charge on any atom is 0.0810 e. The first-order chi connectivity index (χ1) is 9.74. The first kappa shape index (κ1) is 16.3. The molecule has 0 heterocycles. The molecule has 2 nitrogen and oxygen atoms in total. The van der Waals surface area contributed by atoms with E-state index < -0.39 is 0 Å². The maximum absolute atomic E-state index is 3.55. The Morgan fingerprint density at radius 3 is 1.55 bits per heavy atom. The van der Waals surface area contributed by atoms with E-state index in [1.54, 1.807) is 0 Å². The zero-order chi connectivity index (χ0) is 14.4. The van der Waals surface area contributed by atoms with E-state index in [1.807, 2.05) is 5.70 Å². The van der Waals surface area contributed by atoms with Crippen molar-refractivity contribution < 1.29 is 0 Å². The summed E-state index contributed by atoms with van der Waals surface area (Å²) in [4.78, 5) is 5.23. The highest BCUT2D eigenvalue weighted by molar-refractivity contribution is 6.17. The monoisotopic (exact) mass is 291 g/mol. The lowest BCUT2D eigenvalue weighted by Gasteiger charge is -2.44. The van der Waals surface area contributed by atoms with Gasteiger partial charge in [0.2, 0.25) is 0 Å². The average Bonchev–Trinajstić information content (AvgIpc) is 2.53. The highest BCUT2D eigenvalue weighted by Crippen LogP contribution is 2.28. The summed E-state index contributed by atoms with van der Waals surface area (Å²) >= 11 is 0. The predicted molar refractivity (Wildman–Crippen MR) is 88.0 cm³/mol. The Morgan fingerprint density at radius 2 is 1.20 bits per heavy atom. The molecule has 20 heavy (non-hydrogen) atoms. The van der Waals surface area contributed by atoms with E-state index in [9.17, 15) is 0 Å². The minimum Gasteiger partial charge on any atom is -0.285 e. The Hall–Kier alpha value is -0.123. The first-order valence-corrected chi connectivity index (χ1v) is 9.09. The van der Waals surface area contributed by atoms with Gasteiger partial charge in [-0.05, 0) is 39.8 Å². The summed E-state index contributed by atoms with van der Waals surface area (Å²) in [6.07, 6.45) is 16.8. The molecule has 0 saturated heterocycles. The van der Waals surface area contributed by atoms with Gasteiger partial charge >= 0.3 is 0 Å². The third kappa shape index (κ3) is 4.19. The fraction of sp³-hybridized carbons (Fsp3) is 0.882. The molecule has 0 spiro atoms. The van der Waals surface area contributed by atoms with Crippen molar-refractivity contribution in [2.24, 2.45) is 0 Å². The largest absolute Gasteiger partial charge is 0.285 e. The lowest BCUT2D eigenvalue weighted by atomic mass is 9.92.